The molecule has 15 atom stereocenters. The van der Waals surface area contributed by atoms with Gasteiger partial charge in [0, 0.05) is 126 Å². The highest BCUT2D eigenvalue weighted by molar-refractivity contribution is 5.77. The number of amides is 4. The van der Waals surface area contributed by atoms with Crippen LogP contribution in [-0.2, 0) is 90.2 Å². The molecule has 33 heteroatoms. The number of nitrogens with two attached hydrogens (primary N) is 1. The van der Waals surface area contributed by atoms with Crippen molar-refractivity contribution in [1.29, 1.82) is 0 Å². The summed E-state index contributed by atoms with van der Waals surface area (Å²) in [5.74, 6) is -1.56. The van der Waals surface area contributed by atoms with Crippen molar-refractivity contribution in [2.24, 2.45) is 5.73 Å². The number of hydrogen-bond acceptors (Lipinski definition) is 29. The van der Waals surface area contributed by atoms with Gasteiger partial charge in [0.15, 0.2) is 18.9 Å². The van der Waals surface area contributed by atoms with E-state index in [1.165, 1.54) is 20.8 Å². The predicted molar refractivity (Wildman–Crippen MR) is 322 cm³/mol. The van der Waals surface area contributed by atoms with Crippen LogP contribution in [0.1, 0.15) is 91.4 Å². The largest absolute Gasteiger partial charge is 0.394 e. The second-order valence-electron chi connectivity index (χ2n) is 22.6. The van der Waals surface area contributed by atoms with Crippen molar-refractivity contribution in [3.05, 3.63) is 0 Å². The van der Waals surface area contributed by atoms with E-state index in [-0.39, 0.29) is 52.0 Å². The summed E-state index contributed by atoms with van der Waals surface area (Å²) in [6, 6.07) is -3.07. The molecule has 0 saturated carbocycles. The highest BCUT2D eigenvalue weighted by Crippen LogP contribution is 2.25. The van der Waals surface area contributed by atoms with E-state index in [0.717, 1.165) is 0 Å². The monoisotopic (exact) mass is 1340 g/mol. The van der Waals surface area contributed by atoms with Gasteiger partial charge in [0.05, 0.1) is 59.5 Å². The summed E-state index contributed by atoms with van der Waals surface area (Å²) in [5.41, 5.74) is 4.69. The van der Waals surface area contributed by atoms with Gasteiger partial charge in [-0.1, -0.05) is 0 Å². The molecule has 0 aromatic rings. The molecule has 3 saturated heterocycles. The first kappa shape index (κ1) is 83.1. The van der Waals surface area contributed by atoms with E-state index < -0.39 is 135 Å². The first-order valence-corrected chi connectivity index (χ1v) is 32.2. The smallest absolute Gasteiger partial charge is 0.220 e. The lowest BCUT2D eigenvalue weighted by molar-refractivity contribution is -0.270. The van der Waals surface area contributed by atoms with E-state index in [1.807, 2.05) is 0 Å². The van der Waals surface area contributed by atoms with E-state index in [4.69, 9.17) is 76.8 Å². The number of aliphatic hydroxyl groups is 9. The minimum absolute atomic E-state index is 0.0717. The lowest BCUT2D eigenvalue weighted by atomic mass is 9.97. The quantitative estimate of drug-likeness (QED) is 0.0254. The molecule has 3 fully saturated rings. The second kappa shape index (κ2) is 50.3. The lowest BCUT2D eigenvalue weighted by Crippen LogP contribution is -2.64. The second-order valence-corrected chi connectivity index (χ2v) is 22.6. The first-order valence-electron chi connectivity index (χ1n) is 32.2. The average Bonchev–Trinajstić information content (AvgIpc) is 0.909. The number of carbonyl (C=O) groups excluding carboxylic acids is 4. The van der Waals surface area contributed by atoms with Crippen molar-refractivity contribution in [3.63, 3.8) is 0 Å². The predicted octanol–water partition coefficient (Wildman–Crippen LogP) is -4.88. The molecule has 540 valence electrons. The zero-order chi connectivity index (χ0) is 67.4. The van der Waals surface area contributed by atoms with Gasteiger partial charge in [-0.05, 0) is 70.8 Å². The molecule has 0 aromatic carbocycles. The molecule has 33 nitrogen and oxygen atoms in total. The summed E-state index contributed by atoms with van der Waals surface area (Å²) in [6.07, 6.45) is -9.24. The van der Waals surface area contributed by atoms with Gasteiger partial charge in [-0.15, -0.1) is 0 Å². The van der Waals surface area contributed by atoms with Crippen molar-refractivity contribution in [1.82, 2.24) is 21.3 Å². The maximum Gasteiger partial charge on any atom is 0.220 e. The van der Waals surface area contributed by atoms with E-state index in [9.17, 15) is 65.1 Å². The van der Waals surface area contributed by atoms with E-state index in [1.54, 1.807) is 0 Å². The van der Waals surface area contributed by atoms with Crippen LogP contribution in [-0.4, -0.2) is 332 Å². The van der Waals surface area contributed by atoms with Crippen molar-refractivity contribution in [2.75, 3.05) is 165 Å². The molecule has 0 aliphatic carbocycles. The Balaban J connectivity index is 1.39. The Bertz CT molecular complexity index is 1730. The third-order valence-corrected chi connectivity index (χ3v) is 14.5. The van der Waals surface area contributed by atoms with Gasteiger partial charge >= 0.3 is 0 Å². The summed E-state index contributed by atoms with van der Waals surface area (Å²) < 4.78 is 86.9. The molecule has 3 heterocycles. The van der Waals surface area contributed by atoms with Crippen LogP contribution in [0.3, 0.4) is 0 Å². The highest BCUT2D eigenvalue weighted by atomic mass is 16.7. The van der Waals surface area contributed by atoms with Gasteiger partial charge in [0.1, 0.15) is 78.6 Å². The Morgan fingerprint density at radius 2 is 0.609 bits per heavy atom. The van der Waals surface area contributed by atoms with E-state index in [0.29, 0.717) is 170 Å². The van der Waals surface area contributed by atoms with Gasteiger partial charge in [-0.25, -0.2) is 0 Å². The maximum atomic E-state index is 13.3. The molecule has 0 bridgehead atoms. The zero-order valence-corrected chi connectivity index (χ0v) is 54.0. The van der Waals surface area contributed by atoms with Gasteiger partial charge in [-0.3, -0.25) is 19.2 Å². The fourth-order valence-corrected chi connectivity index (χ4v) is 9.77. The summed E-state index contributed by atoms with van der Waals surface area (Å²) >= 11 is 0. The van der Waals surface area contributed by atoms with Gasteiger partial charge in [-0.2, -0.15) is 0 Å². The van der Waals surface area contributed by atoms with Crippen LogP contribution in [0.2, 0.25) is 0 Å². The fraction of sp³-hybridized carbons (Fsp3) is 0.932. The van der Waals surface area contributed by atoms with Gasteiger partial charge < -0.3 is 144 Å². The summed E-state index contributed by atoms with van der Waals surface area (Å²) in [4.78, 5) is 48.3. The Hall–Kier alpha value is -3.12. The number of rotatable bonds is 55. The minimum Gasteiger partial charge on any atom is -0.394 e. The van der Waals surface area contributed by atoms with Crippen molar-refractivity contribution >= 4 is 23.6 Å². The third kappa shape index (κ3) is 33.7. The molecule has 0 aromatic heterocycles. The fourth-order valence-electron chi connectivity index (χ4n) is 9.77. The number of aliphatic hydroxyl groups excluding tert-OH is 9. The Morgan fingerprint density at radius 3 is 0.837 bits per heavy atom. The molecule has 4 amide bonds. The molecule has 0 spiro atoms. The van der Waals surface area contributed by atoms with Crippen molar-refractivity contribution < 1.29 is 136 Å². The molecule has 3 rings (SSSR count). The number of ether oxygens (including phenoxy) is 15. The minimum atomic E-state index is -1.40. The molecular formula is C59H111N5O28. The van der Waals surface area contributed by atoms with E-state index >= 15 is 0 Å². The Labute approximate surface area is 539 Å². The van der Waals surface area contributed by atoms with Gasteiger partial charge in [0.25, 0.3) is 0 Å². The van der Waals surface area contributed by atoms with Crippen LogP contribution < -0.4 is 27.0 Å². The van der Waals surface area contributed by atoms with Crippen LogP contribution in [0.15, 0.2) is 0 Å². The molecular weight excluding hydrogens is 1230 g/mol. The first-order chi connectivity index (χ1) is 44.4. The lowest BCUT2D eigenvalue weighted by Gasteiger charge is -2.42. The third-order valence-electron chi connectivity index (χ3n) is 14.5. The summed E-state index contributed by atoms with van der Waals surface area (Å²) in [7, 11) is 0. The van der Waals surface area contributed by atoms with Crippen LogP contribution in [0.25, 0.3) is 0 Å². The Morgan fingerprint density at radius 1 is 0.370 bits per heavy atom. The zero-order valence-electron chi connectivity index (χ0n) is 54.0. The Kier molecular flexibility index (Phi) is 45.4. The van der Waals surface area contributed by atoms with Crippen molar-refractivity contribution in [3.8, 4) is 0 Å². The molecule has 3 aliphatic rings. The SMILES string of the molecule is CC(=O)NC1C(OCCCOCCCOCCCOCC(COCCCOCCCOCCCOC2OC(CO)C(O)C(O)C2NC(C)=O)(COCCCOCCCOCCCOC2OC(CO)C(O)C(O)C2NC(C)=O)NC(=O)CCCN)OC(CO)C(O)C1O. The molecule has 3 aliphatic heterocycles. The summed E-state index contributed by atoms with van der Waals surface area (Å²) in [5, 5.41) is 101. The number of hydrogen-bond donors (Lipinski definition) is 14. The molecule has 15 unspecified atom stereocenters. The van der Waals surface area contributed by atoms with Crippen LogP contribution in [0.5, 0.6) is 0 Å². The van der Waals surface area contributed by atoms with E-state index in [2.05, 4.69) is 21.3 Å². The van der Waals surface area contributed by atoms with Gasteiger partial charge in [0.2, 0.25) is 23.6 Å². The normalized spacial score (nSPS) is 27.3. The summed E-state index contributed by atoms with van der Waals surface area (Å²) in [6.45, 7) is 9.01. The maximum absolute atomic E-state index is 13.3. The van der Waals surface area contributed by atoms with Crippen molar-refractivity contribution in [2.45, 2.75) is 189 Å². The van der Waals surface area contributed by atoms with Crippen LogP contribution in [0.4, 0.5) is 0 Å². The standard InChI is InChI=1S/C59H111N5O28/c1-40(68)61-47-53(75)50(72)43(34-65)90-56(47)87-31-11-25-81-19-5-16-78-22-8-28-84-37-59(64-46(71)14-4-15-60,38-85-29-9-23-79-17-6-20-82-26-12-32-88-57-48(62-41(2)69)54(76)51(73)44(35-66)91-57)39-86-30-10-24-80-18-7-21-83-27-13-33-89-58-49(63-42(3)70)55(77)52(74)45(36-67)92-58/h43-45,47-58,65-67,72-77H,4-39,60H2,1-3H3,(H,61,68)(H,62,69)(H,63,70)(H,64,71). The number of carbonyl (C=O) groups is 4. The average molecular weight is 1340 g/mol. The topological polar surface area (TPSA) is 463 Å². The number of nitrogens with one attached hydrogen (secondary N) is 4. The van der Waals surface area contributed by atoms with Crippen LogP contribution >= 0.6 is 0 Å². The molecule has 15 N–H and O–H groups in total. The van der Waals surface area contributed by atoms with Crippen LogP contribution in [0, 0.1) is 0 Å². The highest BCUT2D eigenvalue weighted by Gasteiger charge is 2.48. The molecule has 0 radical (unpaired) electrons. The molecule has 92 heavy (non-hydrogen) atoms.